The molecule has 2 N–H and O–H groups in total. The highest BCUT2D eigenvalue weighted by Crippen LogP contribution is 2.32. The van der Waals surface area contributed by atoms with Gasteiger partial charge in [0.25, 0.3) is 5.91 Å². The topological polar surface area (TPSA) is 60.6 Å². The van der Waals surface area contributed by atoms with Gasteiger partial charge in [-0.15, -0.1) is 0 Å². The van der Waals surface area contributed by atoms with Gasteiger partial charge in [-0.05, 0) is 69.1 Å². The number of carbonyl (C=O) groups is 1. The number of hydrogen-bond acceptors (Lipinski definition) is 4. The molecule has 6 nitrogen and oxygen atoms in total. The minimum absolute atomic E-state index is 0.117. The number of benzene rings is 2. The van der Waals surface area contributed by atoms with Crippen LogP contribution < -0.4 is 5.32 Å². The zero-order chi connectivity index (χ0) is 24.4. The molecule has 0 unspecified atom stereocenters. The molecule has 2 aromatic carbocycles. The van der Waals surface area contributed by atoms with Gasteiger partial charge in [0, 0.05) is 62.4 Å². The number of likely N-dealkylation sites (N-methyl/N-ethyl adjacent to an activating group) is 1. The molecule has 0 bridgehead atoms. The predicted octanol–water partition coefficient (Wildman–Crippen LogP) is 4.66. The molecule has 4 rings (SSSR count). The van der Waals surface area contributed by atoms with Crippen LogP contribution in [-0.4, -0.2) is 67.6 Å². The maximum atomic E-state index is 13.4. The summed E-state index contributed by atoms with van der Waals surface area (Å²) in [6.45, 7) is 13.5. The molecule has 1 aromatic heterocycles. The first-order chi connectivity index (χ1) is 16.3. The lowest BCUT2D eigenvalue weighted by molar-refractivity contribution is 0.0413. The summed E-state index contributed by atoms with van der Waals surface area (Å²) in [6, 6.07) is 10.5. The first-order valence-corrected chi connectivity index (χ1v) is 12.2. The molecule has 3 aromatic rings. The molecule has 6 heteroatoms. The van der Waals surface area contributed by atoms with E-state index in [9.17, 15) is 4.79 Å². The Balaban J connectivity index is 1.52. The second-order valence-corrected chi connectivity index (χ2v) is 9.88. The Hall–Kier alpha value is -2.83. The number of aromatic amines is 1. The molecule has 34 heavy (non-hydrogen) atoms. The Kier molecular flexibility index (Phi) is 7.29. The highest BCUT2D eigenvalue weighted by molar-refractivity contribution is 6.04. The summed E-state index contributed by atoms with van der Waals surface area (Å²) in [5.41, 5.74) is 8.99. The summed E-state index contributed by atoms with van der Waals surface area (Å²) in [7, 11) is 3.84. The van der Waals surface area contributed by atoms with Crippen molar-refractivity contribution < 1.29 is 9.53 Å². The van der Waals surface area contributed by atoms with Crippen molar-refractivity contribution >= 4 is 22.5 Å². The third-order valence-corrected chi connectivity index (χ3v) is 7.26. The van der Waals surface area contributed by atoms with Gasteiger partial charge in [0.1, 0.15) is 0 Å². The van der Waals surface area contributed by atoms with Gasteiger partial charge < -0.3 is 24.8 Å². The van der Waals surface area contributed by atoms with Gasteiger partial charge in [0.05, 0.1) is 17.8 Å². The number of fused-ring (bicyclic) bond motifs is 1. The highest BCUT2D eigenvalue weighted by atomic mass is 16.5. The molecule has 1 aliphatic heterocycles. The molecule has 2 heterocycles. The molecule has 0 radical (unpaired) electrons. The van der Waals surface area contributed by atoms with Crippen molar-refractivity contribution in [2.75, 3.05) is 52.3 Å². The fraction of sp³-hybridized carbons (Fsp3) is 0.464. The number of anilines is 1. The molecule has 0 spiro atoms. The van der Waals surface area contributed by atoms with E-state index in [-0.39, 0.29) is 5.91 Å². The molecule has 1 fully saturated rings. The van der Waals surface area contributed by atoms with Crippen molar-refractivity contribution in [3.05, 3.63) is 63.8 Å². The van der Waals surface area contributed by atoms with Crippen molar-refractivity contribution in [1.82, 2.24) is 14.8 Å². The van der Waals surface area contributed by atoms with Crippen LogP contribution >= 0.6 is 0 Å². The van der Waals surface area contributed by atoms with E-state index in [0.717, 1.165) is 67.2 Å². The Bertz CT molecular complexity index is 1160. The number of hydrogen-bond donors (Lipinski definition) is 2. The van der Waals surface area contributed by atoms with E-state index in [2.05, 4.69) is 74.2 Å². The number of nitrogens with zero attached hydrogens (tertiary/aromatic N) is 2. The number of ether oxygens (including phenoxy) is 1. The number of likely N-dealkylation sites (tertiary alicyclic amines) is 1. The van der Waals surface area contributed by atoms with E-state index in [1.807, 2.05) is 11.0 Å². The number of amides is 1. The standard InChI is InChI=1S/C28H38N4O2/c1-18-8-7-9-19(2)25(18)14-29-26-13-23(12-24-20(3)21(4)30-27(24)26)28(33)32-16-22(17-32)15-31(5)10-11-34-6/h7-9,12-13,22,29-30H,10-11,14-17H2,1-6H3. The third kappa shape index (κ3) is 4.98. The fourth-order valence-electron chi connectivity index (χ4n) is 4.94. The van der Waals surface area contributed by atoms with Gasteiger partial charge in [-0.1, -0.05) is 18.2 Å². The molecule has 182 valence electrons. The Morgan fingerprint density at radius 3 is 2.56 bits per heavy atom. The van der Waals surface area contributed by atoms with E-state index in [1.54, 1.807) is 7.11 Å². The maximum absolute atomic E-state index is 13.4. The average Bonchev–Trinajstić information content (AvgIpc) is 3.07. The van der Waals surface area contributed by atoms with Crippen molar-refractivity contribution in [3.63, 3.8) is 0 Å². The zero-order valence-corrected chi connectivity index (χ0v) is 21.4. The number of rotatable bonds is 9. The lowest BCUT2D eigenvalue weighted by Crippen LogP contribution is -2.53. The van der Waals surface area contributed by atoms with Gasteiger partial charge in [-0.25, -0.2) is 0 Å². The Labute approximate surface area is 203 Å². The average molecular weight is 463 g/mol. The van der Waals surface area contributed by atoms with Crippen LogP contribution in [0, 0.1) is 33.6 Å². The molecule has 0 atom stereocenters. The third-order valence-electron chi connectivity index (χ3n) is 7.26. The first kappa shape index (κ1) is 24.3. The van der Waals surface area contributed by atoms with E-state index >= 15 is 0 Å². The zero-order valence-electron chi connectivity index (χ0n) is 21.4. The van der Waals surface area contributed by atoms with Crippen LogP contribution in [0.4, 0.5) is 5.69 Å². The summed E-state index contributed by atoms with van der Waals surface area (Å²) < 4.78 is 5.17. The van der Waals surface area contributed by atoms with Crippen molar-refractivity contribution in [3.8, 4) is 0 Å². The largest absolute Gasteiger partial charge is 0.383 e. The smallest absolute Gasteiger partial charge is 0.253 e. The molecule has 0 aliphatic carbocycles. The lowest BCUT2D eigenvalue weighted by Gasteiger charge is -2.41. The second-order valence-electron chi connectivity index (χ2n) is 9.88. The first-order valence-electron chi connectivity index (χ1n) is 12.2. The van der Waals surface area contributed by atoms with E-state index in [1.165, 1.54) is 22.3 Å². The van der Waals surface area contributed by atoms with Crippen LogP contribution in [0.15, 0.2) is 30.3 Å². The van der Waals surface area contributed by atoms with Gasteiger partial charge in [0.2, 0.25) is 0 Å². The number of methoxy groups -OCH3 is 1. The minimum Gasteiger partial charge on any atom is -0.383 e. The van der Waals surface area contributed by atoms with Crippen LogP contribution in [0.1, 0.15) is 38.3 Å². The molecule has 1 saturated heterocycles. The predicted molar refractivity (Wildman–Crippen MR) is 140 cm³/mol. The second kappa shape index (κ2) is 10.2. The summed E-state index contributed by atoms with van der Waals surface area (Å²) >= 11 is 0. The normalized spacial score (nSPS) is 14.1. The highest BCUT2D eigenvalue weighted by Gasteiger charge is 2.32. The lowest BCUT2D eigenvalue weighted by atomic mass is 9.97. The molecule has 0 saturated carbocycles. The van der Waals surface area contributed by atoms with E-state index in [0.29, 0.717) is 5.92 Å². The van der Waals surface area contributed by atoms with E-state index < -0.39 is 0 Å². The van der Waals surface area contributed by atoms with Gasteiger partial charge in [0.15, 0.2) is 0 Å². The van der Waals surface area contributed by atoms with Gasteiger partial charge in [-0.2, -0.15) is 0 Å². The monoisotopic (exact) mass is 462 g/mol. The summed E-state index contributed by atoms with van der Waals surface area (Å²) in [5, 5.41) is 4.74. The molecule has 1 amide bonds. The number of aromatic nitrogens is 1. The number of H-pyrrole nitrogens is 1. The van der Waals surface area contributed by atoms with Gasteiger partial charge in [-0.3, -0.25) is 4.79 Å². The summed E-state index contributed by atoms with van der Waals surface area (Å²) in [5.74, 6) is 0.637. The Morgan fingerprint density at radius 2 is 1.88 bits per heavy atom. The van der Waals surface area contributed by atoms with Crippen LogP contribution in [0.2, 0.25) is 0 Å². The quantitative estimate of drug-likeness (QED) is 0.485. The SMILES string of the molecule is COCCN(C)CC1CN(C(=O)c2cc(NCc3c(C)cccc3C)c3[nH]c(C)c(C)c3c2)C1. The number of carbonyl (C=O) groups excluding carboxylic acids is 1. The van der Waals surface area contributed by atoms with Crippen molar-refractivity contribution in [2.24, 2.45) is 5.92 Å². The maximum Gasteiger partial charge on any atom is 0.253 e. The number of aryl methyl sites for hydroxylation is 4. The summed E-state index contributed by atoms with van der Waals surface area (Å²) in [4.78, 5) is 21.2. The van der Waals surface area contributed by atoms with Crippen molar-refractivity contribution in [1.29, 1.82) is 0 Å². The minimum atomic E-state index is 0.117. The van der Waals surface area contributed by atoms with Gasteiger partial charge >= 0.3 is 0 Å². The number of nitrogens with one attached hydrogen (secondary N) is 2. The molecule has 1 aliphatic rings. The summed E-state index contributed by atoms with van der Waals surface area (Å²) in [6.07, 6.45) is 0. The molecular weight excluding hydrogens is 424 g/mol. The van der Waals surface area contributed by atoms with Crippen LogP contribution in [-0.2, 0) is 11.3 Å². The van der Waals surface area contributed by atoms with Crippen LogP contribution in [0.3, 0.4) is 0 Å². The van der Waals surface area contributed by atoms with E-state index in [4.69, 9.17) is 4.74 Å². The Morgan fingerprint density at radius 1 is 1.18 bits per heavy atom. The van der Waals surface area contributed by atoms with Crippen molar-refractivity contribution in [2.45, 2.75) is 34.2 Å². The van der Waals surface area contributed by atoms with Crippen LogP contribution in [0.5, 0.6) is 0 Å². The fourth-order valence-corrected chi connectivity index (χ4v) is 4.94. The molecular formula is C28H38N4O2. The van der Waals surface area contributed by atoms with Crippen LogP contribution in [0.25, 0.3) is 10.9 Å².